The Hall–Kier alpha value is -4.76. The summed E-state index contributed by atoms with van der Waals surface area (Å²) in [5.74, 6) is 0.853. The normalized spacial score (nSPS) is 12.7. The first-order chi connectivity index (χ1) is 18.5. The molecular weight excluding hydrogens is 504 g/mol. The van der Waals surface area contributed by atoms with Gasteiger partial charge in [-0.2, -0.15) is 5.21 Å². The molecule has 3 heterocycles. The first-order valence-corrected chi connectivity index (χ1v) is 12.3. The van der Waals surface area contributed by atoms with Gasteiger partial charge in [0.25, 0.3) is 11.8 Å². The molecule has 6 rings (SSSR count). The van der Waals surface area contributed by atoms with Gasteiger partial charge in [0.2, 0.25) is 5.82 Å². The second kappa shape index (κ2) is 9.95. The van der Waals surface area contributed by atoms with Gasteiger partial charge in [0, 0.05) is 40.5 Å². The molecule has 0 aliphatic carbocycles. The lowest BCUT2D eigenvalue weighted by Crippen LogP contribution is -2.37. The molecule has 0 fully saturated rings. The molecule has 3 aromatic carbocycles. The molecule has 1 aliphatic rings. The number of hydrogen-bond acceptors (Lipinski definition) is 6. The zero-order valence-electron chi connectivity index (χ0n) is 20.0. The number of furan rings is 1. The van der Waals surface area contributed by atoms with Crippen LogP contribution >= 0.6 is 11.6 Å². The summed E-state index contributed by atoms with van der Waals surface area (Å²) in [5, 5.41) is 17.5. The van der Waals surface area contributed by atoms with Crippen LogP contribution in [0, 0.1) is 0 Å². The molecule has 38 heavy (non-hydrogen) atoms. The second-order valence-electron chi connectivity index (χ2n) is 8.86. The van der Waals surface area contributed by atoms with Crippen LogP contribution in [-0.4, -0.2) is 43.9 Å². The number of anilines is 1. The van der Waals surface area contributed by atoms with Crippen molar-refractivity contribution < 1.29 is 14.0 Å². The molecule has 0 saturated carbocycles. The maximum absolute atomic E-state index is 13.3. The van der Waals surface area contributed by atoms with E-state index in [4.69, 9.17) is 16.0 Å². The van der Waals surface area contributed by atoms with Gasteiger partial charge >= 0.3 is 0 Å². The Balaban J connectivity index is 1.18. The number of nitrogens with one attached hydrogen (secondary N) is 2. The van der Waals surface area contributed by atoms with Crippen LogP contribution in [0.25, 0.3) is 22.7 Å². The first kappa shape index (κ1) is 23.6. The predicted octanol–water partition coefficient (Wildman–Crippen LogP) is 5.23. The number of aromatic amines is 1. The van der Waals surface area contributed by atoms with Crippen molar-refractivity contribution in [2.24, 2.45) is 0 Å². The largest absolute Gasteiger partial charge is 0.451 e. The number of benzene rings is 3. The fraction of sp³-hybridized carbons (Fsp3) is 0.107. The third-order valence-corrected chi connectivity index (χ3v) is 6.75. The van der Waals surface area contributed by atoms with Crippen molar-refractivity contribution in [3.05, 3.63) is 106 Å². The average Bonchev–Trinajstić information content (AvgIpc) is 3.66. The number of tetrazole rings is 1. The van der Waals surface area contributed by atoms with E-state index in [1.54, 1.807) is 47.4 Å². The van der Waals surface area contributed by atoms with Gasteiger partial charge in [0.05, 0.1) is 0 Å². The molecule has 0 unspecified atom stereocenters. The van der Waals surface area contributed by atoms with Gasteiger partial charge in [0.15, 0.2) is 5.76 Å². The minimum Gasteiger partial charge on any atom is -0.451 e. The van der Waals surface area contributed by atoms with E-state index in [0.717, 1.165) is 22.3 Å². The van der Waals surface area contributed by atoms with Crippen LogP contribution in [0.15, 0.2) is 83.3 Å². The van der Waals surface area contributed by atoms with E-state index in [1.807, 2.05) is 36.4 Å². The minimum absolute atomic E-state index is 0.219. The Morgan fingerprint density at radius 1 is 0.947 bits per heavy atom. The monoisotopic (exact) mass is 524 g/mol. The number of fused-ring (bicyclic) bond motifs is 1. The van der Waals surface area contributed by atoms with Crippen LogP contribution in [0.2, 0.25) is 5.02 Å². The molecule has 9 nitrogen and oxygen atoms in total. The standard InChI is InChI=1S/C28H21ClN6O3/c29-20-8-4-18(5-9-20)24-12-13-25(38-24)28(37)35-15-14-17-2-1-3-22(23(17)16-35)27(36)30-21-10-6-19(7-11-21)26-31-33-34-32-26/h1-13H,14-16H2,(H,30,36)(H,31,32,33,34). The van der Waals surface area contributed by atoms with Crippen molar-refractivity contribution in [1.82, 2.24) is 25.5 Å². The predicted molar refractivity (Wildman–Crippen MR) is 142 cm³/mol. The summed E-state index contributed by atoms with van der Waals surface area (Å²) in [4.78, 5) is 28.3. The van der Waals surface area contributed by atoms with Gasteiger partial charge in [-0.1, -0.05) is 23.7 Å². The fourth-order valence-corrected chi connectivity index (χ4v) is 4.66. The van der Waals surface area contributed by atoms with Crippen LogP contribution in [0.5, 0.6) is 0 Å². The second-order valence-corrected chi connectivity index (χ2v) is 9.29. The lowest BCUT2D eigenvalue weighted by molar-refractivity contribution is 0.0701. The number of carbonyl (C=O) groups is 2. The highest BCUT2D eigenvalue weighted by Gasteiger charge is 2.27. The van der Waals surface area contributed by atoms with E-state index >= 15 is 0 Å². The molecule has 188 valence electrons. The van der Waals surface area contributed by atoms with Gasteiger partial charge in [-0.25, -0.2) is 0 Å². The number of nitrogens with zero attached hydrogens (tertiary/aromatic N) is 4. The summed E-state index contributed by atoms with van der Waals surface area (Å²) < 4.78 is 5.88. The number of amides is 2. The molecule has 2 N–H and O–H groups in total. The molecule has 10 heteroatoms. The molecule has 0 atom stereocenters. The third-order valence-electron chi connectivity index (χ3n) is 6.50. The molecule has 0 bridgehead atoms. The summed E-state index contributed by atoms with van der Waals surface area (Å²) in [6.07, 6.45) is 0.645. The van der Waals surface area contributed by atoms with Crippen molar-refractivity contribution in [1.29, 1.82) is 0 Å². The third kappa shape index (κ3) is 4.67. The maximum Gasteiger partial charge on any atom is 0.289 e. The van der Waals surface area contributed by atoms with Gasteiger partial charge in [0.1, 0.15) is 5.76 Å². The van der Waals surface area contributed by atoms with Gasteiger partial charge in [-0.15, -0.1) is 10.2 Å². The minimum atomic E-state index is -0.244. The number of halogens is 1. The van der Waals surface area contributed by atoms with E-state index in [0.29, 0.717) is 47.4 Å². The lowest BCUT2D eigenvalue weighted by atomic mass is 9.94. The van der Waals surface area contributed by atoms with Crippen molar-refractivity contribution in [3.8, 4) is 22.7 Å². The zero-order valence-corrected chi connectivity index (χ0v) is 20.8. The summed E-state index contributed by atoms with van der Waals surface area (Å²) >= 11 is 5.98. The Labute approximate surface area is 222 Å². The number of rotatable bonds is 5. The highest BCUT2D eigenvalue weighted by Crippen LogP contribution is 2.28. The van der Waals surface area contributed by atoms with Crippen LogP contribution in [0.1, 0.15) is 32.0 Å². The number of aromatic nitrogens is 4. The number of carbonyl (C=O) groups excluding carboxylic acids is 2. The Bertz CT molecular complexity index is 1610. The fourth-order valence-electron chi connectivity index (χ4n) is 4.53. The van der Waals surface area contributed by atoms with Gasteiger partial charge in [-0.3, -0.25) is 9.59 Å². The van der Waals surface area contributed by atoms with Gasteiger partial charge < -0.3 is 14.6 Å². The molecule has 2 aromatic heterocycles. The molecule has 0 spiro atoms. The van der Waals surface area contributed by atoms with E-state index in [2.05, 4.69) is 25.9 Å². The Kier molecular flexibility index (Phi) is 6.19. The topological polar surface area (TPSA) is 117 Å². The number of H-pyrrole nitrogens is 1. The maximum atomic E-state index is 13.3. The first-order valence-electron chi connectivity index (χ1n) is 12.0. The molecule has 0 saturated heterocycles. The number of hydrogen-bond donors (Lipinski definition) is 2. The van der Waals surface area contributed by atoms with Crippen molar-refractivity contribution >= 4 is 29.1 Å². The van der Waals surface area contributed by atoms with Crippen LogP contribution in [-0.2, 0) is 13.0 Å². The van der Waals surface area contributed by atoms with Crippen molar-refractivity contribution in [2.75, 3.05) is 11.9 Å². The van der Waals surface area contributed by atoms with E-state index in [1.165, 1.54) is 0 Å². The highest BCUT2D eigenvalue weighted by molar-refractivity contribution is 6.30. The Morgan fingerprint density at radius 3 is 2.50 bits per heavy atom. The van der Waals surface area contributed by atoms with Crippen molar-refractivity contribution in [2.45, 2.75) is 13.0 Å². The average molecular weight is 525 g/mol. The van der Waals surface area contributed by atoms with Crippen LogP contribution < -0.4 is 5.32 Å². The van der Waals surface area contributed by atoms with Crippen LogP contribution in [0.3, 0.4) is 0 Å². The smallest absolute Gasteiger partial charge is 0.289 e. The van der Waals surface area contributed by atoms with E-state index in [-0.39, 0.29) is 17.6 Å². The summed E-state index contributed by atoms with van der Waals surface area (Å²) in [6, 6.07) is 23.5. The molecule has 1 aliphatic heterocycles. The Morgan fingerprint density at radius 2 is 1.74 bits per heavy atom. The molecule has 2 amide bonds. The molecular formula is C28H21ClN6O3. The molecule has 5 aromatic rings. The van der Waals surface area contributed by atoms with Crippen molar-refractivity contribution in [3.63, 3.8) is 0 Å². The molecule has 0 radical (unpaired) electrons. The van der Waals surface area contributed by atoms with E-state index in [9.17, 15) is 9.59 Å². The van der Waals surface area contributed by atoms with Gasteiger partial charge in [-0.05, 0) is 89.5 Å². The van der Waals surface area contributed by atoms with Crippen LogP contribution in [0.4, 0.5) is 5.69 Å². The van der Waals surface area contributed by atoms with E-state index < -0.39 is 0 Å². The SMILES string of the molecule is O=C(Nc1ccc(-c2nn[nH]n2)cc1)c1cccc2c1CN(C(=O)c1ccc(-c3ccc(Cl)cc3)o1)CC2. The quantitative estimate of drug-likeness (QED) is 0.325. The summed E-state index contributed by atoms with van der Waals surface area (Å²) in [7, 11) is 0. The lowest BCUT2D eigenvalue weighted by Gasteiger charge is -2.29. The zero-order chi connectivity index (χ0) is 26.1. The highest BCUT2D eigenvalue weighted by atomic mass is 35.5. The summed E-state index contributed by atoms with van der Waals surface area (Å²) in [6.45, 7) is 0.844. The summed E-state index contributed by atoms with van der Waals surface area (Å²) in [5.41, 5.74) is 4.66.